The Morgan fingerprint density at radius 3 is 2.54 bits per heavy atom. The lowest BCUT2D eigenvalue weighted by molar-refractivity contribution is 0.101. The summed E-state index contributed by atoms with van der Waals surface area (Å²) >= 11 is 2.93. The van der Waals surface area contributed by atoms with Crippen molar-refractivity contribution in [2.24, 2.45) is 0 Å². The van der Waals surface area contributed by atoms with Crippen molar-refractivity contribution in [2.75, 3.05) is 6.26 Å². The smallest absolute Gasteiger partial charge is 0.245 e. The summed E-state index contributed by atoms with van der Waals surface area (Å²) in [7, 11) is 0. The van der Waals surface area contributed by atoms with Crippen LogP contribution in [0.4, 0.5) is 5.00 Å². The van der Waals surface area contributed by atoms with E-state index >= 15 is 0 Å². The first-order valence-electron chi connectivity index (χ1n) is 3.67. The highest BCUT2D eigenvalue weighted by Crippen LogP contribution is 2.40. The van der Waals surface area contributed by atoms with Crippen molar-refractivity contribution < 1.29 is 4.79 Å². The van der Waals surface area contributed by atoms with Gasteiger partial charge >= 0.3 is 0 Å². The molecule has 68 valence electrons. The number of Topliss-reactive ketones (excluding diaryl/α,β-unsaturated/α-hetero) is 1. The molecule has 4 heteroatoms. The summed E-state index contributed by atoms with van der Waals surface area (Å²) in [6, 6.07) is 0. The molecule has 0 aromatic carbocycles. The zero-order chi connectivity index (χ0) is 10.0. The minimum Gasteiger partial charge on any atom is -0.294 e. The molecule has 0 amide bonds. The Hall–Kier alpha value is -0.790. The Bertz CT molecular complexity index is 387. The third-order valence-corrected chi connectivity index (χ3v) is 4.03. The molecule has 2 nitrogen and oxygen atoms in total. The van der Waals surface area contributed by atoms with E-state index in [0.717, 1.165) is 15.3 Å². The number of rotatable bonds is 2. The summed E-state index contributed by atoms with van der Waals surface area (Å²) < 4.78 is 0.955. The number of nitrogens with zero attached hydrogens (tertiary/aromatic N) is 1. The first kappa shape index (κ1) is 10.3. The molecule has 1 aromatic rings. The van der Waals surface area contributed by atoms with E-state index in [1.165, 1.54) is 23.1 Å². The number of hydrogen-bond donors (Lipinski definition) is 0. The highest BCUT2D eigenvalue weighted by molar-refractivity contribution is 8.00. The third-order valence-electron chi connectivity index (χ3n) is 1.73. The van der Waals surface area contributed by atoms with E-state index in [1.807, 2.05) is 13.2 Å². The quantitative estimate of drug-likeness (QED) is 0.424. The fourth-order valence-corrected chi connectivity index (χ4v) is 3.08. The Morgan fingerprint density at radius 1 is 1.62 bits per heavy atom. The van der Waals surface area contributed by atoms with Gasteiger partial charge in [-0.05, 0) is 25.7 Å². The number of thiophene rings is 1. The summed E-state index contributed by atoms with van der Waals surface area (Å²) in [4.78, 5) is 14.7. The van der Waals surface area contributed by atoms with Crippen molar-refractivity contribution in [1.82, 2.24) is 0 Å². The Balaban J connectivity index is 3.39. The van der Waals surface area contributed by atoms with Gasteiger partial charge in [0.2, 0.25) is 5.00 Å². The van der Waals surface area contributed by atoms with Crippen molar-refractivity contribution in [3.8, 4) is 0 Å². The van der Waals surface area contributed by atoms with Gasteiger partial charge in [0.25, 0.3) is 0 Å². The number of carbonyl (C=O) groups excluding carboxylic acids is 1. The molecule has 1 heterocycles. The number of carbonyl (C=O) groups is 1. The van der Waals surface area contributed by atoms with E-state index in [2.05, 4.69) is 4.85 Å². The fourth-order valence-electron chi connectivity index (χ4n) is 1.13. The molecule has 1 rings (SSSR count). The molecular weight excluding hydrogens is 202 g/mol. The molecule has 0 bridgehead atoms. The van der Waals surface area contributed by atoms with Crippen LogP contribution in [-0.4, -0.2) is 12.0 Å². The van der Waals surface area contributed by atoms with Gasteiger partial charge in [-0.15, -0.1) is 23.1 Å². The van der Waals surface area contributed by atoms with E-state index in [-0.39, 0.29) is 5.78 Å². The van der Waals surface area contributed by atoms with Crippen molar-refractivity contribution >= 4 is 33.9 Å². The van der Waals surface area contributed by atoms with Crippen molar-refractivity contribution in [1.29, 1.82) is 0 Å². The topological polar surface area (TPSA) is 21.4 Å². The zero-order valence-electron chi connectivity index (χ0n) is 7.67. The van der Waals surface area contributed by atoms with Crippen molar-refractivity contribution in [3.05, 3.63) is 22.5 Å². The lowest BCUT2D eigenvalue weighted by Crippen LogP contribution is -1.93. The van der Waals surface area contributed by atoms with Gasteiger partial charge in [-0.1, -0.05) is 0 Å². The average Bonchev–Trinajstić information content (AvgIpc) is 2.41. The standard InChI is InChI=1S/C9H9NOS2/c1-5-7(6(2)11)9(12-4)13-8(5)10-3/h1-2,4H3. The SMILES string of the molecule is [C-]#[N+]c1sc(SC)c(C(C)=O)c1C. The van der Waals surface area contributed by atoms with Crippen LogP contribution in [-0.2, 0) is 0 Å². The second kappa shape index (κ2) is 3.95. The molecule has 0 saturated heterocycles. The molecule has 13 heavy (non-hydrogen) atoms. The number of hydrogen-bond acceptors (Lipinski definition) is 3. The maximum Gasteiger partial charge on any atom is 0.245 e. The minimum absolute atomic E-state index is 0.0491. The van der Waals surface area contributed by atoms with E-state index in [0.29, 0.717) is 5.00 Å². The summed E-state index contributed by atoms with van der Waals surface area (Å²) in [5.41, 5.74) is 1.56. The summed E-state index contributed by atoms with van der Waals surface area (Å²) in [5.74, 6) is 0.0491. The molecule has 0 spiro atoms. The second-order valence-electron chi connectivity index (χ2n) is 2.57. The molecule has 0 aliphatic rings. The number of thioether (sulfide) groups is 1. The minimum atomic E-state index is 0.0491. The van der Waals surface area contributed by atoms with Crippen LogP contribution < -0.4 is 0 Å². The highest BCUT2D eigenvalue weighted by Gasteiger charge is 2.16. The molecule has 0 N–H and O–H groups in total. The first-order valence-corrected chi connectivity index (χ1v) is 5.71. The van der Waals surface area contributed by atoms with Crippen LogP contribution in [0.5, 0.6) is 0 Å². The van der Waals surface area contributed by atoms with Crippen molar-refractivity contribution in [2.45, 2.75) is 18.1 Å². The molecule has 0 fully saturated rings. The lowest BCUT2D eigenvalue weighted by atomic mass is 10.1. The molecule has 0 atom stereocenters. The summed E-state index contributed by atoms with van der Waals surface area (Å²) in [6.45, 7) is 10.3. The molecule has 0 saturated carbocycles. The fraction of sp³-hybridized carbons (Fsp3) is 0.333. The molecule has 1 aromatic heterocycles. The van der Waals surface area contributed by atoms with Gasteiger partial charge in [0.1, 0.15) is 0 Å². The Kier molecular flexibility index (Phi) is 3.12. The van der Waals surface area contributed by atoms with Crippen molar-refractivity contribution in [3.63, 3.8) is 0 Å². The van der Waals surface area contributed by atoms with Crippen LogP contribution in [0.25, 0.3) is 4.85 Å². The summed E-state index contributed by atoms with van der Waals surface area (Å²) in [6.07, 6.45) is 1.92. The van der Waals surface area contributed by atoms with Crippen LogP contribution in [0.3, 0.4) is 0 Å². The maximum absolute atomic E-state index is 11.3. The van der Waals surface area contributed by atoms with E-state index in [9.17, 15) is 4.79 Å². The predicted octanol–water partition coefficient (Wildman–Crippen LogP) is 3.53. The Labute approximate surface area is 85.8 Å². The van der Waals surface area contributed by atoms with E-state index in [4.69, 9.17) is 6.57 Å². The monoisotopic (exact) mass is 211 g/mol. The van der Waals surface area contributed by atoms with Gasteiger partial charge in [-0.25, -0.2) is 4.85 Å². The number of ketones is 1. The summed E-state index contributed by atoms with van der Waals surface area (Å²) in [5, 5.41) is 0.634. The van der Waals surface area contributed by atoms with Gasteiger partial charge in [0.05, 0.1) is 10.8 Å². The van der Waals surface area contributed by atoms with E-state index in [1.54, 1.807) is 6.92 Å². The predicted molar refractivity (Wildman–Crippen MR) is 57.1 cm³/mol. The van der Waals surface area contributed by atoms with Crippen LogP contribution in [0.1, 0.15) is 22.8 Å². The first-order chi connectivity index (χ1) is 6.11. The van der Waals surface area contributed by atoms with Gasteiger partial charge in [-0.2, -0.15) is 0 Å². The van der Waals surface area contributed by atoms with Gasteiger partial charge in [-0.3, -0.25) is 4.79 Å². The molecule has 0 unspecified atom stereocenters. The zero-order valence-corrected chi connectivity index (χ0v) is 9.30. The second-order valence-corrected chi connectivity index (χ2v) is 4.64. The van der Waals surface area contributed by atoms with Gasteiger partial charge in [0, 0.05) is 5.56 Å². The molecule has 0 aliphatic carbocycles. The maximum atomic E-state index is 11.3. The van der Waals surface area contributed by atoms with Crippen LogP contribution in [0.2, 0.25) is 0 Å². The molecular formula is C9H9NOS2. The normalized spacial score (nSPS) is 9.69. The van der Waals surface area contributed by atoms with Crippen LogP contribution in [0, 0.1) is 13.5 Å². The van der Waals surface area contributed by atoms with Gasteiger partial charge in [0.15, 0.2) is 5.78 Å². The van der Waals surface area contributed by atoms with Crippen LogP contribution >= 0.6 is 23.1 Å². The Morgan fingerprint density at radius 2 is 2.23 bits per heavy atom. The lowest BCUT2D eigenvalue weighted by Gasteiger charge is -1.96. The van der Waals surface area contributed by atoms with Crippen LogP contribution in [0.15, 0.2) is 4.21 Å². The van der Waals surface area contributed by atoms with Gasteiger partial charge < -0.3 is 0 Å². The highest BCUT2D eigenvalue weighted by atomic mass is 32.2. The largest absolute Gasteiger partial charge is 0.294 e. The average molecular weight is 211 g/mol. The molecule has 0 aliphatic heterocycles. The van der Waals surface area contributed by atoms with E-state index < -0.39 is 0 Å². The molecule has 0 radical (unpaired) electrons. The third kappa shape index (κ3) is 1.77.